The van der Waals surface area contributed by atoms with Gasteiger partial charge in [-0.25, -0.2) is 4.79 Å². The summed E-state index contributed by atoms with van der Waals surface area (Å²) in [5, 5.41) is 42.0. The highest BCUT2D eigenvalue weighted by molar-refractivity contribution is 7.98. The molecule has 0 rings (SSSR count). The Hall–Kier alpha value is -5.06. The fourth-order valence-electron chi connectivity index (χ4n) is 6.03. The van der Waals surface area contributed by atoms with E-state index in [4.69, 9.17) is 17.2 Å². The van der Waals surface area contributed by atoms with Gasteiger partial charge in [0.15, 0.2) is 5.96 Å². The number of amides is 9. The Morgan fingerprint density at radius 1 is 0.522 bits per heavy atom. The highest BCUT2D eigenvalue weighted by Crippen LogP contribution is 2.10. The minimum absolute atomic E-state index is 0.0173. The minimum Gasteiger partial charge on any atom is -0.480 e. The predicted molar refractivity (Wildman–Crippen MR) is 266 cm³/mol. The first-order valence-electron chi connectivity index (χ1n) is 22.2. The number of aliphatic hydroxyl groups is 1. The van der Waals surface area contributed by atoms with E-state index in [2.05, 4.69) is 52.8 Å². The number of carboxylic acids is 1. The Balaban J connectivity index is 5.89. The number of nitrogens with two attached hydrogens (primary N) is 3. The third kappa shape index (κ3) is 25.9. The van der Waals surface area contributed by atoms with E-state index >= 15 is 0 Å². The van der Waals surface area contributed by atoms with E-state index in [0.29, 0.717) is 17.3 Å². The van der Waals surface area contributed by atoms with Crippen LogP contribution < -0.4 is 65.1 Å². The molecule has 69 heavy (non-hydrogen) atoms. The van der Waals surface area contributed by atoms with E-state index in [1.54, 1.807) is 40.2 Å². The number of aliphatic carboxylic acids is 1. The molecule has 394 valence electrons. The summed E-state index contributed by atoms with van der Waals surface area (Å²) in [7, 11) is 0. The molecule has 0 fully saturated rings. The summed E-state index contributed by atoms with van der Waals surface area (Å²) >= 11 is 4.22. The Bertz CT molecular complexity index is 1740. The number of carboxylic acid groups (broad SMARTS) is 1. The number of nitrogens with one attached hydrogen (secondary N) is 9. The van der Waals surface area contributed by atoms with Gasteiger partial charge in [0.2, 0.25) is 53.2 Å². The lowest BCUT2D eigenvalue weighted by molar-refractivity contribution is -0.143. The summed E-state index contributed by atoms with van der Waals surface area (Å²) in [5.74, 6) is -7.95. The van der Waals surface area contributed by atoms with Gasteiger partial charge in [-0.3, -0.25) is 48.1 Å². The molecule has 0 saturated carbocycles. The summed E-state index contributed by atoms with van der Waals surface area (Å²) in [5.41, 5.74) is 16.1. The molecule has 9 amide bonds. The van der Waals surface area contributed by atoms with Crippen LogP contribution in [0, 0.1) is 11.8 Å². The summed E-state index contributed by atoms with van der Waals surface area (Å²) in [6, 6.07) is -9.89. The lowest BCUT2D eigenvalue weighted by Crippen LogP contribution is -2.59. The molecular weight excluding hydrogens is 963 g/mol. The molecular formula is C41H75N13O12S3. The van der Waals surface area contributed by atoms with Crippen molar-refractivity contribution in [2.75, 3.05) is 62.3 Å². The quantitative estimate of drug-likeness (QED) is 0.0162. The van der Waals surface area contributed by atoms with Crippen LogP contribution >= 0.6 is 35.3 Å². The molecule has 0 aromatic heterocycles. The second-order valence-electron chi connectivity index (χ2n) is 16.4. The number of rotatable bonds is 35. The Morgan fingerprint density at radius 3 is 1.39 bits per heavy atom. The monoisotopic (exact) mass is 1040 g/mol. The molecule has 0 spiro atoms. The number of aliphatic hydroxyl groups excluding tert-OH is 1. The molecule has 0 heterocycles. The van der Waals surface area contributed by atoms with Crippen LogP contribution in [0.4, 0.5) is 0 Å². The molecule has 0 radical (unpaired) electrons. The van der Waals surface area contributed by atoms with Crippen molar-refractivity contribution >= 4 is 100 Å². The number of carbonyl (C=O) groups is 10. The van der Waals surface area contributed by atoms with Crippen molar-refractivity contribution in [1.29, 1.82) is 0 Å². The van der Waals surface area contributed by atoms with Crippen molar-refractivity contribution in [3.05, 3.63) is 0 Å². The maximum absolute atomic E-state index is 13.8. The van der Waals surface area contributed by atoms with Gasteiger partial charge >= 0.3 is 5.97 Å². The van der Waals surface area contributed by atoms with Gasteiger partial charge in [-0.2, -0.15) is 35.3 Å². The first-order chi connectivity index (χ1) is 32.5. The molecule has 17 N–H and O–H groups in total. The van der Waals surface area contributed by atoms with Crippen molar-refractivity contribution < 1.29 is 58.2 Å². The molecule has 0 saturated heterocycles. The van der Waals surface area contributed by atoms with E-state index in [0.717, 1.165) is 0 Å². The van der Waals surface area contributed by atoms with Gasteiger partial charge in [-0.1, -0.05) is 27.7 Å². The van der Waals surface area contributed by atoms with Crippen LogP contribution in [0.15, 0.2) is 4.99 Å². The zero-order chi connectivity index (χ0) is 52.8. The van der Waals surface area contributed by atoms with E-state index in [9.17, 15) is 58.2 Å². The highest BCUT2D eigenvalue weighted by Gasteiger charge is 2.34. The van der Waals surface area contributed by atoms with Crippen molar-refractivity contribution in [3.63, 3.8) is 0 Å². The van der Waals surface area contributed by atoms with Crippen LogP contribution in [0.1, 0.15) is 66.7 Å². The molecule has 8 atom stereocenters. The molecule has 0 aliphatic rings. The maximum atomic E-state index is 13.8. The Morgan fingerprint density at radius 2 is 0.957 bits per heavy atom. The summed E-state index contributed by atoms with van der Waals surface area (Å²) in [4.78, 5) is 134. The molecule has 0 aromatic rings. The summed E-state index contributed by atoms with van der Waals surface area (Å²) < 4.78 is 0. The van der Waals surface area contributed by atoms with E-state index in [-0.39, 0.29) is 57.1 Å². The number of aliphatic imine (C=N–C) groups is 1. The van der Waals surface area contributed by atoms with E-state index in [1.165, 1.54) is 42.2 Å². The SMILES string of the molecule is CSCC[C@H](NC(=O)[C@H](CCSC)NC(=O)[C@H](CCSC)NC(=O)[C@@H](NC(=O)CN)C(C)C)C(=O)NCC(=O)N[C@@H](CO)C(=O)N[C@@H](C)C(=O)N[C@@H](CCCN=C(N)N)C(=O)N[C@H](C(=O)O)C(C)C. The van der Waals surface area contributed by atoms with Gasteiger partial charge < -0.3 is 75.3 Å². The van der Waals surface area contributed by atoms with Crippen LogP contribution in [0.25, 0.3) is 0 Å². The van der Waals surface area contributed by atoms with Gasteiger partial charge in [0, 0.05) is 6.54 Å². The fourth-order valence-corrected chi connectivity index (χ4v) is 7.45. The summed E-state index contributed by atoms with van der Waals surface area (Å²) in [6.45, 7) is 5.99. The minimum atomic E-state index is -1.61. The second-order valence-corrected chi connectivity index (χ2v) is 19.3. The largest absolute Gasteiger partial charge is 0.480 e. The topological polar surface area (TPSA) is 410 Å². The molecule has 25 nitrogen and oxygen atoms in total. The average Bonchev–Trinajstić information content (AvgIpc) is 3.29. The van der Waals surface area contributed by atoms with Gasteiger partial charge in [-0.05, 0) is 86.9 Å². The number of thioether (sulfide) groups is 3. The van der Waals surface area contributed by atoms with Crippen LogP contribution in [0.3, 0.4) is 0 Å². The lowest BCUT2D eigenvalue weighted by Gasteiger charge is -2.27. The molecule has 0 aromatic carbocycles. The number of hydrogen-bond acceptors (Lipinski definition) is 16. The van der Waals surface area contributed by atoms with Gasteiger partial charge in [-0.15, -0.1) is 0 Å². The van der Waals surface area contributed by atoms with Crippen LogP contribution in [0.2, 0.25) is 0 Å². The third-order valence-corrected chi connectivity index (χ3v) is 11.9. The van der Waals surface area contributed by atoms with Crippen molar-refractivity contribution in [2.24, 2.45) is 34.0 Å². The standard InChI is InChI=1S/C41H75N13O12S3/c1-21(2)31(53-29(56)18-42)39(64)52-27(13-17-69-8)36(61)51-26(12-16-68-7)35(60)50-25(11-15-67-6)34(59)46-19-30(57)48-28(20-55)38(63)47-23(5)33(58)49-24(10-9-14-45-41(43)44)37(62)54-32(22(3)4)40(65)66/h21-28,31-32,55H,9-20,42H2,1-8H3,(H,46,59)(H,47,63)(H,48,57)(H,49,58)(H,50,60)(H,51,61)(H,52,64)(H,53,56)(H,54,62)(H,65,66)(H4,43,44,45)/t23-,24-,25-,26-,27-,28-,31-,32-/m0/s1. The van der Waals surface area contributed by atoms with Crippen LogP contribution in [-0.2, 0) is 47.9 Å². The first kappa shape index (κ1) is 63.9. The number of nitrogens with zero attached hydrogens (tertiary/aromatic N) is 1. The van der Waals surface area contributed by atoms with Gasteiger partial charge in [0.1, 0.15) is 48.3 Å². The van der Waals surface area contributed by atoms with E-state index in [1.807, 2.05) is 6.26 Å². The Labute approximate surface area is 416 Å². The number of guanidine groups is 1. The first-order valence-corrected chi connectivity index (χ1v) is 26.4. The average molecular weight is 1040 g/mol. The number of hydrogen-bond donors (Lipinski definition) is 14. The zero-order valence-electron chi connectivity index (χ0n) is 40.6. The second kappa shape index (κ2) is 35.1. The zero-order valence-corrected chi connectivity index (χ0v) is 43.1. The van der Waals surface area contributed by atoms with E-state index < -0.39 is 127 Å². The third-order valence-electron chi connectivity index (χ3n) is 10.0. The molecule has 0 aliphatic heterocycles. The molecule has 0 bridgehead atoms. The lowest BCUT2D eigenvalue weighted by atomic mass is 10.0. The van der Waals surface area contributed by atoms with Crippen LogP contribution in [-0.4, -0.2) is 186 Å². The molecule has 0 unspecified atom stereocenters. The van der Waals surface area contributed by atoms with Crippen molar-refractivity contribution in [1.82, 2.24) is 47.9 Å². The smallest absolute Gasteiger partial charge is 0.326 e. The normalized spacial score (nSPS) is 14.5. The van der Waals surface area contributed by atoms with Crippen molar-refractivity contribution in [2.45, 2.75) is 115 Å². The number of carbonyl (C=O) groups excluding carboxylic acids is 9. The fraction of sp³-hybridized carbons (Fsp3) is 0.732. The molecule has 0 aliphatic carbocycles. The summed E-state index contributed by atoms with van der Waals surface area (Å²) in [6.07, 6.45) is 6.04. The highest BCUT2D eigenvalue weighted by atomic mass is 32.2. The maximum Gasteiger partial charge on any atom is 0.326 e. The van der Waals surface area contributed by atoms with Gasteiger partial charge in [0.25, 0.3) is 0 Å². The molecule has 28 heteroatoms. The predicted octanol–water partition coefficient (Wildman–Crippen LogP) is -4.34. The van der Waals surface area contributed by atoms with Crippen LogP contribution in [0.5, 0.6) is 0 Å². The van der Waals surface area contributed by atoms with Gasteiger partial charge in [0.05, 0.1) is 19.7 Å². The van der Waals surface area contributed by atoms with Crippen molar-refractivity contribution in [3.8, 4) is 0 Å². The Kier molecular flexibility index (Phi) is 32.5.